The van der Waals surface area contributed by atoms with E-state index >= 15 is 0 Å². The Bertz CT molecular complexity index is 366. The van der Waals surface area contributed by atoms with Crippen LogP contribution in [0.5, 0.6) is 0 Å². The molecule has 21 heavy (non-hydrogen) atoms. The molecule has 0 bridgehead atoms. The van der Waals surface area contributed by atoms with Gasteiger partial charge >= 0.3 is 0 Å². The first kappa shape index (κ1) is 16.4. The van der Waals surface area contributed by atoms with Crippen LogP contribution in [0.4, 0.5) is 0 Å². The van der Waals surface area contributed by atoms with E-state index in [0.29, 0.717) is 0 Å². The molecule has 0 aromatic heterocycles. The Morgan fingerprint density at radius 3 is 2.38 bits per heavy atom. The molecule has 0 atom stereocenters. The Balaban J connectivity index is 1.90. The van der Waals surface area contributed by atoms with Crippen molar-refractivity contribution in [2.75, 3.05) is 19.6 Å². The molecule has 2 rings (SSSR count). The van der Waals surface area contributed by atoms with Gasteiger partial charge in [-0.25, -0.2) is 0 Å². The number of hydrogen-bond donors (Lipinski definition) is 2. The molecule has 0 saturated heterocycles. The van der Waals surface area contributed by atoms with Crippen molar-refractivity contribution in [1.82, 2.24) is 10.6 Å². The van der Waals surface area contributed by atoms with E-state index in [9.17, 15) is 0 Å². The van der Waals surface area contributed by atoms with Crippen LogP contribution in [0.15, 0.2) is 35.6 Å². The second-order valence-electron chi connectivity index (χ2n) is 6.26. The molecule has 0 radical (unpaired) electrons. The Labute approximate surface area is 130 Å². The van der Waals surface area contributed by atoms with Crippen LogP contribution in [-0.4, -0.2) is 19.6 Å². The zero-order valence-electron chi connectivity index (χ0n) is 13.5. The summed E-state index contributed by atoms with van der Waals surface area (Å²) < 4.78 is 0. The van der Waals surface area contributed by atoms with Crippen LogP contribution in [0.1, 0.15) is 64.2 Å². The lowest BCUT2D eigenvalue weighted by Crippen LogP contribution is -2.20. The highest BCUT2D eigenvalue weighted by Crippen LogP contribution is 2.22. The van der Waals surface area contributed by atoms with Crippen molar-refractivity contribution in [1.29, 1.82) is 0 Å². The number of hydrogen-bond acceptors (Lipinski definition) is 2. The lowest BCUT2D eigenvalue weighted by atomic mass is 9.97. The summed E-state index contributed by atoms with van der Waals surface area (Å²) in [5.41, 5.74) is 3.04. The van der Waals surface area contributed by atoms with Crippen molar-refractivity contribution in [3.63, 3.8) is 0 Å². The molecule has 0 aromatic carbocycles. The molecule has 0 amide bonds. The van der Waals surface area contributed by atoms with Gasteiger partial charge in [0.1, 0.15) is 0 Å². The molecule has 0 aliphatic carbocycles. The molecule has 2 nitrogen and oxygen atoms in total. The molecule has 0 unspecified atom stereocenters. The highest BCUT2D eigenvalue weighted by molar-refractivity contribution is 5.28. The number of rotatable bonds is 0. The summed E-state index contributed by atoms with van der Waals surface area (Å²) in [5.74, 6) is 0. The normalized spacial score (nSPS) is 26.3. The highest BCUT2D eigenvalue weighted by Gasteiger charge is 2.09. The minimum Gasteiger partial charge on any atom is -0.385 e. The van der Waals surface area contributed by atoms with Crippen molar-refractivity contribution in [3.05, 3.63) is 35.6 Å². The Morgan fingerprint density at radius 2 is 1.48 bits per heavy atom. The van der Waals surface area contributed by atoms with E-state index in [1.807, 2.05) is 0 Å². The Kier molecular flexibility index (Phi) is 8.31. The van der Waals surface area contributed by atoms with Gasteiger partial charge in [-0.15, -0.1) is 0 Å². The van der Waals surface area contributed by atoms with Crippen LogP contribution in [0.3, 0.4) is 0 Å². The second-order valence-corrected chi connectivity index (χ2v) is 6.26. The van der Waals surface area contributed by atoms with Gasteiger partial charge in [0.05, 0.1) is 0 Å². The molecule has 0 spiro atoms. The Morgan fingerprint density at radius 1 is 0.714 bits per heavy atom. The monoisotopic (exact) mass is 288 g/mol. The quantitative estimate of drug-likeness (QED) is 0.687. The topological polar surface area (TPSA) is 24.1 Å². The summed E-state index contributed by atoms with van der Waals surface area (Å²) >= 11 is 0. The smallest absolute Gasteiger partial charge is 0.0332 e. The summed E-state index contributed by atoms with van der Waals surface area (Å²) in [7, 11) is 0. The fraction of sp³-hybridized carbons (Fsp3) is 0.684. The van der Waals surface area contributed by atoms with E-state index in [-0.39, 0.29) is 0 Å². The van der Waals surface area contributed by atoms with Crippen molar-refractivity contribution in [3.8, 4) is 0 Å². The summed E-state index contributed by atoms with van der Waals surface area (Å²) in [5, 5.41) is 7.06. The van der Waals surface area contributed by atoms with Crippen molar-refractivity contribution < 1.29 is 0 Å². The standard InChI is InChI=1S/C19H32N2/c1-2-4-7-12-18-13-11-17-21-19(18)14-8-6-10-16-20-15-9-5-3-1/h6,8,10,14,20-21H,1-5,7,9,11-13,15-17H2/b10-6+,14-8+. The summed E-state index contributed by atoms with van der Waals surface area (Å²) in [4.78, 5) is 0. The lowest BCUT2D eigenvalue weighted by molar-refractivity contribution is 0.557. The molecule has 0 fully saturated rings. The van der Waals surface area contributed by atoms with Gasteiger partial charge in [0.2, 0.25) is 0 Å². The molecule has 0 saturated carbocycles. The van der Waals surface area contributed by atoms with Gasteiger partial charge in [-0.3, -0.25) is 0 Å². The van der Waals surface area contributed by atoms with Crippen molar-refractivity contribution in [2.45, 2.75) is 64.2 Å². The molecule has 2 aliphatic rings. The van der Waals surface area contributed by atoms with Crippen LogP contribution in [-0.2, 0) is 0 Å². The minimum atomic E-state index is 0.990. The summed E-state index contributed by atoms with van der Waals surface area (Å²) in [6, 6.07) is 0. The van der Waals surface area contributed by atoms with Crippen LogP contribution >= 0.6 is 0 Å². The third-order valence-corrected chi connectivity index (χ3v) is 4.46. The van der Waals surface area contributed by atoms with Gasteiger partial charge in [-0.1, -0.05) is 50.3 Å². The second kappa shape index (κ2) is 10.7. The van der Waals surface area contributed by atoms with Crippen molar-refractivity contribution >= 4 is 0 Å². The van der Waals surface area contributed by atoms with E-state index in [0.717, 1.165) is 19.6 Å². The molecular weight excluding hydrogens is 256 g/mol. The zero-order valence-corrected chi connectivity index (χ0v) is 13.5. The van der Waals surface area contributed by atoms with Crippen LogP contribution in [0, 0.1) is 0 Å². The average Bonchev–Trinajstić information content (AvgIpc) is 2.52. The number of nitrogens with one attached hydrogen (secondary N) is 2. The zero-order chi connectivity index (χ0) is 14.6. The molecule has 0 aromatic rings. The molecule has 2 N–H and O–H groups in total. The molecule has 2 aliphatic heterocycles. The van der Waals surface area contributed by atoms with E-state index < -0.39 is 0 Å². The number of allylic oxidation sites excluding steroid dienone is 4. The van der Waals surface area contributed by atoms with Crippen LogP contribution in [0.25, 0.3) is 0 Å². The lowest BCUT2D eigenvalue weighted by Gasteiger charge is -2.20. The van der Waals surface area contributed by atoms with Gasteiger partial charge in [-0.2, -0.15) is 0 Å². The van der Waals surface area contributed by atoms with Crippen LogP contribution in [0.2, 0.25) is 0 Å². The van der Waals surface area contributed by atoms with Gasteiger partial charge < -0.3 is 10.6 Å². The van der Waals surface area contributed by atoms with Gasteiger partial charge in [-0.05, 0) is 50.3 Å². The maximum absolute atomic E-state index is 3.58. The SMILES string of the molecule is C1=C/CNCCCCCCCCCC2=C(/C=C/1)NCCC2. The summed E-state index contributed by atoms with van der Waals surface area (Å²) in [6.45, 7) is 3.28. The van der Waals surface area contributed by atoms with Gasteiger partial charge in [0, 0.05) is 18.8 Å². The van der Waals surface area contributed by atoms with E-state index in [1.165, 1.54) is 69.9 Å². The highest BCUT2D eigenvalue weighted by atomic mass is 14.9. The minimum absolute atomic E-state index is 0.990. The van der Waals surface area contributed by atoms with E-state index in [1.54, 1.807) is 5.57 Å². The first-order chi connectivity index (χ1) is 10.5. The average molecular weight is 288 g/mol. The molecule has 2 heterocycles. The fourth-order valence-electron chi connectivity index (χ4n) is 3.18. The fourth-order valence-corrected chi connectivity index (χ4v) is 3.18. The van der Waals surface area contributed by atoms with Gasteiger partial charge in [0.25, 0.3) is 0 Å². The van der Waals surface area contributed by atoms with Gasteiger partial charge in [0.15, 0.2) is 0 Å². The maximum atomic E-state index is 3.58. The Hall–Kier alpha value is -1.02. The first-order valence-electron chi connectivity index (χ1n) is 8.96. The van der Waals surface area contributed by atoms with E-state index in [2.05, 4.69) is 34.9 Å². The maximum Gasteiger partial charge on any atom is 0.0332 e. The predicted octanol–water partition coefficient (Wildman–Crippen LogP) is 4.46. The molecule has 118 valence electrons. The third kappa shape index (κ3) is 6.99. The predicted molar refractivity (Wildman–Crippen MR) is 92.3 cm³/mol. The largest absolute Gasteiger partial charge is 0.385 e. The molecule has 2 heteroatoms. The third-order valence-electron chi connectivity index (χ3n) is 4.46. The van der Waals surface area contributed by atoms with Crippen molar-refractivity contribution in [2.24, 2.45) is 0 Å². The van der Waals surface area contributed by atoms with E-state index in [4.69, 9.17) is 0 Å². The van der Waals surface area contributed by atoms with Crippen LogP contribution < -0.4 is 10.6 Å². The molecular formula is C19H32N2. The summed E-state index contributed by atoms with van der Waals surface area (Å²) in [6.07, 6.45) is 22.4. The first-order valence-corrected chi connectivity index (χ1v) is 8.96.